The van der Waals surface area contributed by atoms with Crippen LogP contribution in [0.25, 0.3) is 0 Å². The Hall–Kier alpha value is 0.558. The van der Waals surface area contributed by atoms with Crippen molar-refractivity contribution in [2.24, 2.45) is 5.92 Å². The van der Waals surface area contributed by atoms with E-state index in [1.54, 1.807) is 0 Å². The van der Waals surface area contributed by atoms with E-state index in [9.17, 15) is 0 Å². The first-order valence-electron chi connectivity index (χ1n) is 1.97. The van der Waals surface area contributed by atoms with Crippen LogP contribution < -0.4 is 0 Å². The van der Waals surface area contributed by atoms with E-state index in [2.05, 4.69) is 13.8 Å². The van der Waals surface area contributed by atoms with E-state index in [0.717, 1.165) is 5.92 Å². The summed E-state index contributed by atoms with van der Waals surface area (Å²) in [6.45, 7) is 4.48. The van der Waals surface area contributed by atoms with Crippen molar-refractivity contribution in [3.8, 4) is 0 Å². The Balaban J connectivity index is 2.54. The van der Waals surface area contributed by atoms with E-state index in [0.29, 0.717) is 0 Å². The van der Waals surface area contributed by atoms with Crippen molar-refractivity contribution in [3.05, 3.63) is 0 Å². The van der Waals surface area contributed by atoms with E-state index in [-0.39, 0.29) is 0 Å². The van der Waals surface area contributed by atoms with E-state index in [1.807, 2.05) is 16.9 Å². The van der Waals surface area contributed by atoms with Crippen LogP contribution >= 0.6 is 0 Å². The maximum atomic E-state index is 2.24. The third kappa shape index (κ3) is 4.56. The first-order chi connectivity index (χ1) is 2.27. The summed E-state index contributed by atoms with van der Waals surface area (Å²) in [4.78, 5) is 0. The van der Waals surface area contributed by atoms with Gasteiger partial charge in [0.05, 0.1) is 0 Å². The molecule has 0 aromatic carbocycles. The average molecular weight is 134 g/mol. The van der Waals surface area contributed by atoms with Gasteiger partial charge in [-0.15, -0.1) is 0 Å². The van der Waals surface area contributed by atoms with Crippen LogP contribution in [0, 0.1) is 5.92 Å². The van der Waals surface area contributed by atoms with E-state index in [1.165, 1.54) is 5.21 Å². The Bertz CT molecular complexity index is 17.6. The van der Waals surface area contributed by atoms with Gasteiger partial charge in [0.15, 0.2) is 0 Å². The van der Waals surface area contributed by atoms with Crippen LogP contribution in [-0.2, 0) is 0 Å². The molecule has 0 fully saturated rings. The Morgan fingerprint density at radius 2 is 1.80 bits per heavy atom. The molecule has 0 heterocycles. The van der Waals surface area contributed by atoms with Gasteiger partial charge in [0.2, 0.25) is 0 Å². The van der Waals surface area contributed by atoms with Crippen molar-refractivity contribution < 1.29 is 0 Å². The van der Waals surface area contributed by atoms with Crippen LogP contribution in [0.5, 0.6) is 0 Å². The normalized spacial score (nSPS) is 9.60. The van der Waals surface area contributed by atoms with Crippen LogP contribution in [0.15, 0.2) is 0 Å². The number of hydrogen-bond acceptors (Lipinski definition) is 0. The van der Waals surface area contributed by atoms with Gasteiger partial charge in [-0.3, -0.25) is 0 Å². The number of hydrogen-bond donors (Lipinski definition) is 0. The van der Waals surface area contributed by atoms with Gasteiger partial charge in [0, 0.05) is 0 Å². The predicted octanol–water partition coefficient (Wildman–Crippen LogP) is 0.694. The molecule has 0 spiro atoms. The van der Waals surface area contributed by atoms with Crippen molar-refractivity contribution in [2.75, 3.05) is 0 Å². The summed E-state index contributed by atoms with van der Waals surface area (Å²) in [6.07, 6.45) is 0. The van der Waals surface area contributed by atoms with Crippen molar-refractivity contribution >= 4 is 16.9 Å². The van der Waals surface area contributed by atoms with Gasteiger partial charge >= 0.3 is 41.8 Å². The van der Waals surface area contributed by atoms with Crippen molar-refractivity contribution in [1.82, 2.24) is 0 Å². The van der Waals surface area contributed by atoms with E-state index >= 15 is 0 Å². The first kappa shape index (κ1) is 5.56. The van der Waals surface area contributed by atoms with Gasteiger partial charge in [0.25, 0.3) is 0 Å². The molecular formula is C4H11As. The molecule has 0 bridgehead atoms. The summed E-state index contributed by atoms with van der Waals surface area (Å²) in [5, 5.41) is 1.37. The Morgan fingerprint density at radius 1 is 1.60 bits per heavy atom. The second kappa shape index (κ2) is 2.78. The zero-order chi connectivity index (χ0) is 4.28. The van der Waals surface area contributed by atoms with Gasteiger partial charge in [-0.25, -0.2) is 0 Å². The summed E-state index contributed by atoms with van der Waals surface area (Å²) < 4.78 is 0. The SMILES string of the molecule is CC(C)C[AsH2]. The molecule has 0 saturated carbocycles. The molecule has 1 heteroatoms. The fraction of sp³-hybridized carbons (Fsp3) is 1.00. The van der Waals surface area contributed by atoms with Gasteiger partial charge in [-0.1, -0.05) is 0 Å². The quantitative estimate of drug-likeness (QED) is 0.463. The molecule has 0 N–H and O–H groups in total. The molecule has 0 amide bonds. The van der Waals surface area contributed by atoms with Crippen molar-refractivity contribution in [1.29, 1.82) is 0 Å². The van der Waals surface area contributed by atoms with Crippen LogP contribution in [0.2, 0.25) is 5.21 Å². The second-order valence-corrected chi connectivity index (χ2v) is 2.62. The summed E-state index contributed by atoms with van der Waals surface area (Å²) in [7, 11) is 0. The molecule has 1 atom stereocenters. The Morgan fingerprint density at radius 3 is 1.80 bits per heavy atom. The zero-order valence-corrected chi connectivity index (χ0v) is 6.28. The number of rotatable bonds is 1. The first-order valence-corrected chi connectivity index (χ1v) is 3.68. The second-order valence-electron chi connectivity index (χ2n) is 1.63. The van der Waals surface area contributed by atoms with Crippen molar-refractivity contribution in [3.63, 3.8) is 0 Å². The van der Waals surface area contributed by atoms with Gasteiger partial charge in [-0.2, -0.15) is 0 Å². The average Bonchev–Trinajstić information content (AvgIpc) is 1.38. The van der Waals surface area contributed by atoms with Gasteiger partial charge in [0.1, 0.15) is 0 Å². The molecule has 5 heavy (non-hydrogen) atoms. The molecule has 0 aromatic heterocycles. The molecule has 1 unspecified atom stereocenters. The Labute approximate surface area is 42.5 Å². The summed E-state index contributed by atoms with van der Waals surface area (Å²) >= 11 is 1.83. The molecule has 0 saturated heterocycles. The minimum atomic E-state index is 0.912. The fourth-order valence-corrected chi connectivity index (χ4v) is 0. The summed E-state index contributed by atoms with van der Waals surface area (Å²) in [5.74, 6) is 0.912. The van der Waals surface area contributed by atoms with Crippen LogP contribution in [0.1, 0.15) is 13.8 Å². The van der Waals surface area contributed by atoms with Gasteiger partial charge < -0.3 is 0 Å². The predicted molar refractivity (Wildman–Crippen MR) is 28.2 cm³/mol. The monoisotopic (exact) mass is 134 g/mol. The molecular weight excluding hydrogens is 123 g/mol. The molecule has 32 valence electrons. The molecule has 0 rings (SSSR count). The van der Waals surface area contributed by atoms with Crippen LogP contribution in [-0.4, -0.2) is 16.9 Å². The minimum absolute atomic E-state index is 0.912. The molecule has 0 aliphatic rings. The third-order valence-electron chi connectivity index (χ3n) is 0.471. The van der Waals surface area contributed by atoms with E-state index in [4.69, 9.17) is 0 Å². The fourth-order valence-electron chi connectivity index (χ4n) is 0. The molecule has 0 nitrogen and oxygen atoms in total. The third-order valence-corrected chi connectivity index (χ3v) is 2.45. The summed E-state index contributed by atoms with van der Waals surface area (Å²) in [6, 6.07) is 0. The topological polar surface area (TPSA) is 0 Å². The summed E-state index contributed by atoms with van der Waals surface area (Å²) in [5.41, 5.74) is 0. The standard InChI is InChI=1S/C4H11As/c1-4(2)3-5/h4H,3,5H2,1-2H3. The molecule has 0 aliphatic carbocycles. The van der Waals surface area contributed by atoms with E-state index < -0.39 is 0 Å². The molecule has 0 aromatic rings. The van der Waals surface area contributed by atoms with Crippen molar-refractivity contribution in [2.45, 2.75) is 19.1 Å². The van der Waals surface area contributed by atoms with Crippen LogP contribution in [0.3, 0.4) is 0 Å². The molecule has 0 aliphatic heterocycles. The Kier molecular flexibility index (Phi) is 3.09. The van der Waals surface area contributed by atoms with Crippen LogP contribution in [0.4, 0.5) is 0 Å². The van der Waals surface area contributed by atoms with Gasteiger partial charge in [-0.05, 0) is 0 Å². The maximum absolute atomic E-state index is 2.24. The molecule has 0 radical (unpaired) electrons. The zero-order valence-electron chi connectivity index (χ0n) is 3.86.